The van der Waals surface area contributed by atoms with Gasteiger partial charge in [-0.2, -0.15) is 0 Å². The Bertz CT molecular complexity index is 698. The van der Waals surface area contributed by atoms with Crippen molar-refractivity contribution in [2.24, 2.45) is 0 Å². The van der Waals surface area contributed by atoms with Gasteiger partial charge in [-0.05, 0) is 43.9 Å². The number of hydrogen-bond donors (Lipinski definition) is 0. The van der Waals surface area contributed by atoms with Crippen LogP contribution < -0.4 is 4.74 Å². The first kappa shape index (κ1) is 20.6. The molecule has 7 heteroatoms. The van der Waals surface area contributed by atoms with Crippen molar-refractivity contribution < 1.29 is 19.1 Å². The molecule has 0 saturated carbocycles. The predicted octanol–water partition coefficient (Wildman–Crippen LogP) is 2.00. The van der Waals surface area contributed by atoms with Crippen molar-refractivity contribution in [3.8, 4) is 5.75 Å². The van der Waals surface area contributed by atoms with Gasteiger partial charge in [-0.3, -0.25) is 14.6 Å². The fraction of sp³-hybridized carbons (Fsp3) is 0.619. The Morgan fingerprint density at radius 1 is 1.11 bits per heavy atom. The Hall–Kier alpha value is -2.12. The molecule has 1 spiro atoms. The van der Waals surface area contributed by atoms with E-state index < -0.39 is 5.54 Å². The summed E-state index contributed by atoms with van der Waals surface area (Å²) < 4.78 is 10.5. The molecule has 28 heavy (non-hydrogen) atoms. The molecule has 1 atom stereocenters. The van der Waals surface area contributed by atoms with Crippen LogP contribution in [0.3, 0.4) is 0 Å². The molecular weight excluding hydrogens is 358 g/mol. The molecule has 0 unspecified atom stereocenters. The number of carbonyl (C=O) groups is 2. The predicted molar refractivity (Wildman–Crippen MR) is 106 cm³/mol. The molecule has 3 amide bonds. The summed E-state index contributed by atoms with van der Waals surface area (Å²) in [6.45, 7) is 4.92. The van der Waals surface area contributed by atoms with Crippen LogP contribution in [0.15, 0.2) is 24.3 Å². The third-order valence-electron chi connectivity index (χ3n) is 6.18. The van der Waals surface area contributed by atoms with Crippen LogP contribution in [-0.4, -0.2) is 85.7 Å². The lowest BCUT2D eigenvalue weighted by molar-refractivity contribution is -0.135. The van der Waals surface area contributed by atoms with E-state index in [-0.39, 0.29) is 11.9 Å². The lowest BCUT2D eigenvalue weighted by Crippen LogP contribution is -2.58. The highest BCUT2D eigenvalue weighted by Crippen LogP contribution is 2.37. The van der Waals surface area contributed by atoms with Crippen LogP contribution in [0.2, 0.25) is 0 Å². The van der Waals surface area contributed by atoms with Gasteiger partial charge in [-0.25, -0.2) is 4.79 Å². The summed E-state index contributed by atoms with van der Waals surface area (Å²) in [4.78, 5) is 31.2. The molecule has 1 aromatic carbocycles. The molecule has 3 rings (SSSR count). The van der Waals surface area contributed by atoms with Gasteiger partial charge in [-0.15, -0.1) is 0 Å². The van der Waals surface area contributed by atoms with E-state index in [1.54, 1.807) is 26.2 Å². The number of likely N-dealkylation sites (tertiary alicyclic amines) is 1. The van der Waals surface area contributed by atoms with E-state index in [2.05, 4.69) is 11.8 Å². The van der Waals surface area contributed by atoms with Crippen molar-refractivity contribution in [2.45, 2.75) is 37.8 Å². The molecule has 2 saturated heterocycles. The zero-order valence-electron chi connectivity index (χ0n) is 17.3. The number of nitrogens with zero attached hydrogens (tertiary/aromatic N) is 3. The van der Waals surface area contributed by atoms with Gasteiger partial charge in [0.2, 0.25) is 0 Å². The number of urea groups is 1. The van der Waals surface area contributed by atoms with E-state index in [1.165, 1.54) is 4.90 Å². The molecule has 0 N–H and O–H groups in total. The van der Waals surface area contributed by atoms with Gasteiger partial charge >= 0.3 is 6.03 Å². The fourth-order valence-electron chi connectivity index (χ4n) is 4.39. The van der Waals surface area contributed by atoms with Gasteiger partial charge in [0.25, 0.3) is 5.91 Å². The molecule has 154 valence electrons. The number of benzene rings is 1. The quantitative estimate of drug-likeness (QED) is 0.668. The lowest BCUT2D eigenvalue weighted by atomic mass is 9.85. The molecule has 2 heterocycles. The van der Waals surface area contributed by atoms with Crippen LogP contribution >= 0.6 is 0 Å². The summed E-state index contributed by atoms with van der Waals surface area (Å²) >= 11 is 0. The van der Waals surface area contributed by atoms with Gasteiger partial charge in [0.15, 0.2) is 0 Å². The minimum Gasteiger partial charge on any atom is -0.497 e. The summed E-state index contributed by atoms with van der Waals surface area (Å²) in [5.74, 6) is 0.746. The molecule has 2 aliphatic rings. The third kappa shape index (κ3) is 3.73. The Kier molecular flexibility index (Phi) is 6.25. The van der Waals surface area contributed by atoms with Crippen molar-refractivity contribution in [3.63, 3.8) is 0 Å². The third-order valence-corrected chi connectivity index (χ3v) is 6.18. The van der Waals surface area contributed by atoms with Gasteiger partial charge in [-0.1, -0.05) is 12.1 Å². The molecule has 0 aromatic heterocycles. The average Bonchev–Trinajstić information content (AvgIpc) is 2.89. The van der Waals surface area contributed by atoms with Gasteiger partial charge in [0, 0.05) is 39.8 Å². The summed E-state index contributed by atoms with van der Waals surface area (Å²) in [6.07, 6.45) is 2.04. The maximum absolute atomic E-state index is 13.0. The Balaban J connectivity index is 1.71. The van der Waals surface area contributed by atoms with E-state index in [0.717, 1.165) is 24.4 Å². The van der Waals surface area contributed by atoms with E-state index in [9.17, 15) is 9.59 Å². The highest BCUT2D eigenvalue weighted by Gasteiger charge is 2.56. The average molecular weight is 389 g/mol. The SMILES string of the molecule is COC[C@@H](C)N1CCC2(CC1)C(=O)N(C)C(=O)N2CCc1ccc(OC)cc1. The van der Waals surface area contributed by atoms with Crippen LogP contribution in [0, 0.1) is 0 Å². The highest BCUT2D eigenvalue weighted by atomic mass is 16.5. The lowest BCUT2D eigenvalue weighted by Gasteiger charge is -2.44. The number of imide groups is 1. The number of methoxy groups -OCH3 is 2. The number of rotatable bonds is 7. The summed E-state index contributed by atoms with van der Waals surface area (Å²) in [6, 6.07) is 7.98. The second kappa shape index (κ2) is 8.49. The van der Waals surface area contributed by atoms with Crippen molar-refractivity contribution in [3.05, 3.63) is 29.8 Å². The Morgan fingerprint density at radius 3 is 2.32 bits per heavy atom. The van der Waals surface area contributed by atoms with Gasteiger partial charge in [0.05, 0.1) is 13.7 Å². The van der Waals surface area contributed by atoms with E-state index in [1.807, 2.05) is 24.3 Å². The highest BCUT2D eigenvalue weighted by molar-refractivity contribution is 6.06. The van der Waals surface area contributed by atoms with Crippen molar-refractivity contribution in [1.29, 1.82) is 0 Å². The first-order valence-electron chi connectivity index (χ1n) is 9.88. The van der Waals surface area contributed by atoms with Gasteiger partial charge in [0.1, 0.15) is 11.3 Å². The second-order valence-corrected chi connectivity index (χ2v) is 7.77. The minimum absolute atomic E-state index is 0.0636. The van der Waals surface area contributed by atoms with Crippen molar-refractivity contribution in [2.75, 3.05) is 47.5 Å². The van der Waals surface area contributed by atoms with Crippen LogP contribution in [0.1, 0.15) is 25.3 Å². The summed E-state index contributed by atoms with van der Waals surface area (Å²) in [7, 11) is 4.94. The normalized spacial score (nSPS) is 20.9. The number of hydrogen-bond acceptors (Lipinski definition) is 5. The molecule has 0 bridgehead atoms. The Morgan fingerprint density at radius 2 is 1.75 bits per heavy atom. The molecular formula is C21H31N3O4. The number of ether oxygens (including phenoxy) is 2. The van der Waals surface area contributed by atoms with Crippen LogP contribution in [0.4, 0.5) is 4.79 Å². The summed E-state index contributed by atoms with van der Waals surface area (Å²) in [5.41, 5.74) is 0.415. The first-order valence-corrected chi connectivity index (χ1v) is 9.88. The summed E-state index contributed by atoms with van der Waals surface area (Å²) in [5, 5.41) is 0. The number of amides is 3. The maximum Gasteiger partial charge on any atom is 0.327 e. The molecule has 0 aliphatic carbocycles. The molecule has 2 fully saturated rings. The van der Waals surface area contributed by atoms with Crippen molar-refractivity contribution >= 4 is 11.9 Å². The molecule has 7 nitrogen and oxygen atoms in total. The van der Waals surface area contributed by atoms with Crippen LogP contribution in [-0.2, 0) is 16.0 Å². The van der Waals surface area contributed by atoms with E-state index >= 15 is 0 Å². The van der Waals surface area contributed by atoms with E-state index in [0.29, 0.717) is 38.5 Å². The van der Waals surface area contributed by atoms with E-state index in [4.69, 9.17) is 9.47 Å². The van der Waals surface area contributed by atoms with Gasteiger partial charge < -0.3 is 14.4 Å². The van der Waals surface area contributed by atoms with Crippen LogP contribution in [0.5, 0.6) is 5.75 Å². The molecule has 2 aliphatic heterocycles. The Labute approximate surface area is 167 Å². The number of carbonyl (C=O) groups excluding carboxylic acids is 2. The zero-order chi connectivity index (χ0) is 20.3. The fourth-order valence-corrected chi connectivity index (χ4v) is 4.39. The first-order chi connectivity index (χ1) is 13.4. The number of likely N-dealkylation sites (N-methyl/N-ethyl adjacent to an activating group) is 1. The zero-order valence-corrected chi connectivity index (χ0v) is 17.3. The van der Waals surface area contributed by atoms with Crippen LogP contribution in [0.25, 0.3) is 0 Å². The maximum atomic E-state index is 13.0. The minimum atomic E-state index is -0.707. The molecule has 0 radical (unpaired) electrons. The number of piperidine rings is 1. The topological polar surface area (TPSA) is 62.3 Å². The molecule has 1 aromatic rings. The largest absolute Gasteiger partial charge is 0.497 e. The smallest absolute Gasteiger partial charge is 0.327 e. The van der Waals surface area contributed by atoms with Crippen molar-refractivity contribution in [1.82, 2.24) is 14.7 Å². The second-order valence-electron chi connectivity index (χ2n) is 7.77. The monoisotopic (exact) mass is 389 g/mol. The standard InChI is InChI=1S/C21H31N3O4/c1-16(15-27-3)23-13-10-21(11-14-23)19(25)22(2)20(26)24(21)12-9-17-5-7-18(28-4)8-6-17/h5-8,16H,9-15H2,1-4H3/t16-/m1/s1.